The quantitative estimate of drug-likeness (QED) is 0.186. The molecular formula is C24H36ClFN6O4. The van der Waals surface area contributed by atoms with Gasteiger partial charge in [0.15, 0.2) is 11.6 Å². The van der Waals surface area contributed by atoms with Gasteiger partial charge in [0.05, 0.1) is 19.0 Å². The Morgan fingerprint density at radius 2 is 1.92 bits per heavy atom. The second-order valence-corrected chi connectivity index (χ2v) is 9.81. The summed E-state index contributed by atoms with van der Waals surface area (Å²) in [6.07, 6.45) is 6.27. The second kappa shape index (κ2) is 13.1. The Morgan fingerprint density at radius 3 is 2.56 bits per heavy atom. The molecule has 0 bridgehead atoms. The third-order valence-corrected chi connectivity index (χ3v) is 7.35. The summed E-state index contributed by atoms with van der Waals surface area (Å²) in [5, 5.41) is 12.6. The zero-order valence-corrected chi connectivity index (χ0v) is 21.7. The molecule has 0 radical (unpaired) electrons. The molecule has 10 nitrogen and oxygen atoms in total. The van der Waals surface area contributed by atoms with Gasteiger partial charge in [0.1, 0.15) is 11.7 Å². The van der Waals surface area contributed by atoms with E-state index in [2.05, 4.69) is 15.3 Å². The third-order valence-electron chi connectivity index (χ3n) is 7.18. The first-order chi connectivity index (χ1) is 17.3. The maximum Gasteiger partial charge on any atom is 0.245 e. The van der Waals surface area contributed by atoms with Gasteiger partial charge in [0, 0.05) is 19.6 Å². The first-order valence-electron chi connectivity index (χ1n) is 12.7. The van der Waals surface area contributed by atoms with E-state index in [0.29, 0.717) is 49.9 Å². The minimum Gasteiger partial charge on any atom is -0.350 e. The summed E-state index contributed by atoms with van der Waals surface area (Å²) >= 11 is 6.12. The van der Waals surface area contributed by atoms with Crippen LogP contribution in [0.5, 0.6) is 0 Å². The summed E-state index contributed by atoms with van der Waals surface area (Å²) in [5.41, 5.74) is -0.0878. The van der Waals surface area contributed by atoms with Crippen LogP contribution in [0.25, 0.3) is 0 Å². The average Bonchev–Trinajstić information content (AvgIpc) is 3.56. The normalized spacial score (nSPS) is 18.8. The van der Waals surface area contributed by atoms with Crippen molar-refractivity contribution in [1.82, 2.24) is 25.2 Å². The Kier molecular flexibility index (Phi) is 10.2. The molecule has 3 amide bonds. The van der Waals surface area contributed by atoms with Crippen LogP contribution in [0.15, 0.2) is 0 Å². The van der Waals surface area contributed by atoms with E-state index < -0.39 is 23.7 Å². The molecule has 0 spiro atoms. The van der Waals surface area contributed by atoms with E-state index >= 15 is 4.39 Å². The highest BCUT2D eigenvalue weighted by molar-refractivity contribution is 6.28. The zero-order valence-electron chi connectivity index (χ0n) is 21.0. The van der Waals surface area contributed by atoms with Gasteiger partial charge in [-0.05, 0) is 50.6 Å². The minimum atomic E-state index is -0.733. The van der Waals surface area contributed by atoms with E-state index in [4.69, 9.17) is 11.6 Å². The molecule has 1 saturated heterocycles. The molecule has 2 atom stereocenters. The van der Waals surface area contributed by atoms with Crippen molar-refractivity contribution in [2.24, 2.45) is 11.8 Å². The van der Waals surface area contributed by atoms with Crippen molar-refractivity contribution in [3.8, 4) is 0 Å². The summed E-state index contributed by atoms with van der Waals surface area (Å²) in [6, 6.07) is -0.539. The molecule has 0 aromatic carbocycles. The van der Waals surface area contributed by atoms with Gasteiger partial charge in [-0.2, -0.15) is 4.98 Å². The Hall–Kier alpha value is -2.53. The molecule has 1 aliphatic heterocycles. The maximum absolute atomic E-state index is 15.6. The monoisotopic (exact) mass is 526 g/mol. The number of hydroxylamine groups is 2. The van der Waals surface area contributed by atoms with E-state index in [1.807, 2.05) is 13.8 Å². The molecule has 2 fully saturated rings. The molecule has 3 rings (SSSR count). The molecule has 2 aliphatic rings. The molecule has 2 heterocycles. The number of likely N-dealkylation sites (N-methyl/N-ethyl adjacent to an activating group) is 1. The molecule has 2 N–H and O–H groups in total. The summed E-state index contributed by atoms with van der Waals surface area (Å²) < 4.78 is 15.6. The standard InChI is InChI=1S/C24H36ClFN6O4/c1-3-30(4-2)23(35)19-10-7-11-32(19)21-20(26)18(28-24(25)29-21)13-27-22(34)17(14-31(36)15-33)12-16-8-5-6-9-16/h15-17,19,36H,3-14H2,1-2H3,(H,27,34)/t17-,19+/m1/s1. The molecule has 1 aromatic heterocycles. The zero-order chi connectivity index (χ0) is 26.2. The van der Waals surface area contributed by atoms with Crippen molar-refractivity contribution < 1.29 is 24.0 Å². The molecular weight excluding hydrogens is 491 g/mol. The maximum atomic E-state index is 15.6. The first-order valence-corrected chi connectivity index (χ1v) is 13.1. The van der Waals surface area contributed by atoms with Crippen molar-refractivity contribution in [2.75, 3.05) is 31.1 Å². The number of hydrogen-bond acceptors (Lipinski definition) is 7. The number of hydrogen-bond donors (Lipinski definition) is 2. The number of nitrogens with zero attached hydrogens (tertiary/aromatic N) is 5. The number of halogens is 2. The van der Waals surface area contributed by atoms with Gasteiger partial charge >= 0.3 is 0 Å². The van der Waals surface area contributed by atoms with Crippen molar-refractivity contribution in [1.29, 1.82) is 0 Å². The molecule has 1 aromatic rings. The lowest BCUT2D eigenvalue weighted by Gasteiger charge is -2.30. The van der Waals surface area contributed by atoms with Crippen LogP contribution in [-0.4, -0.2) is 75.6 Å². The number of carbonyl (C=O) groups excluding carboxylic acids is 3. The number of carbonyl (C=O) groups is 3. The van der Waals surface area contributed by atoms with Crippen LogP contribution in [0.3, 0.4) is 0 Å². The van der Waals surface area contributed by atoms with Gasteiger partial charge in [0.25, 0.3) is 0 Å². The first kappa shape index (κ1) is 28.0. The van der Waals surface area contributed by atoms with Crippen molar-refractivity contribution in [3.05, 3.63) is 16.8 Å². The van der Waals surface area contributed by atoms with Crippen molar-refractivity contribution in [2.45, 2.75) is 71.4 Å². The van der Waals surface area contributed by atoms with Gasteiger partial charge in [-0.25, -0.2) is 14.4 Å². The highest BCUT2D eigenvalue weighted by Gasteiger charge is 2.36. The molecule has 200 valence electrons. The lowest BCUT2D eigenvalue weighted by molar-refractivity contribution is -0.155. The molecule has 36 heavy (non-hydrogen) atoms. The Morgan fingerprint density at radius 1 is 1.22 bits per heavy atom. The summed E-state index contributed by atoms with van der Waals surface area (Å²) in [5.74, 6) is -1.57. The Labute approximate surface area is 216 Å². The minimum absolute atomic E-state index is 0.0488. The molecule has 0 unspecified atom stereocenters. The van der Waals surface area contributed by atoms with E-state index in [0.717, 1.165) is 25.7 Å². The lowest BCUT2D eigenvalue weighted by Crippen LogP contribution is -2.46. The van der Waals surface area contributed by atoms with Gasteiger partial charge in [-0.3, -0.25) is 19.6 Å². The highest BCUT2D eigenvalue weighted by atomic mass is 35.5. The van der Waals surface area contributed by atoms with Crippen LogP contribution in [0.4, 0.5) is 10.2 Å². The summed E-state index contributed by atoms with van der Waals surface area (Å²) in [6.45, 7) is 4.98. The van der Waals surface area contributed by atoms with Crippen LogP contribution < -0.4 is 10.2 Å². The predicted octanol–water partition coefficient (Wildman–Crippen LogP) is 2.77. The topological polar surface area (TPSA) is 119 Å². The number of nitrogens with one attached hydrogen (secondary N) is 1. The predicted molar refractivity (Wildman–Crippen MR) is 132 cm³/mol. The largest absolute Gasteiger partial charge is 0.350 e. The van der Waals surface area contributed by atoms with E-state index in [1.165, 1.54) is 0 Å². The molecule has 1 saturated carbocycles. The van der Waals surface area contributed by atoms with Gasteiger partial charge in [0.2, 0.25) is 23.5 Å². The van der Waals surface area contributed by atoms with Crippen LogP contribution >= 0.6 is 11.6 Å². The van der Waals surface area contributed by atoms with Crippen molar-refractivity contribution >= 4 is 35.6 Å². The molecule has 12 heteroatoms. The fraction of sp³-hybridized carbons (Fsp3) is 0.708. The summed E-state index contributed by atoms with van der Waals surface area (Å²) in [7, 11) is 0. The number of aromatic nitrogens is 2. The Balaban J connectivity index is 1.75. The second-order valence-electron chi connectivity index (χ2n) is 9.47. The number of rotatable bonds is 12. The summed E-state index contributed by atoms with van der Waals surface area (Å²) in [4.78, 5) is 48.3. The smallest absolute Gasteiger partial charge is 0.245 e. The highest BCUT2D eigenvalue weighted by Crippen LogP contribution is 2.31. The SMILES string of the molecule is CCN(CC)C(=O)[C@@H]1CCCN1c1nc(Cl)nc(CNC(=O)[C@H](CC2CCCC2)CN(O)C=O)c1F. The fourth-order valence-corrected chi connectivity index (χ4v) is 5.46. The number of amides is 3. The number of anilines is 1. The van der Waals surface area contributed by atoms with Crippen LogP contribution in [0.2, 0.25) is 5.28 Å². The third kappa shape index (κ3) is 6.82. The van der Waals surface area contributed by atoms with Crippen molar-refractivity contribution in [3.63, 3.8) is 0 Å². The van der Waals surface area contributed by atoms with Crippen LogP contribution in [0, 0.1) is 17.7 Å². The van der Waals surface area contributed by atoms with Gasteiger partial charge < -0.3 is 15.1 Å². The average molecular weight is 527 g/mol. The van der Waals surface area contributed by atoms with Gasteiger partial charge in [-0.15, -0.1) is 0 Å². The van der Waals surface area contributed by atoms with Crippen LogP contribution in [0.1, 0.15) is 64.5 Å². The molecule has 1 aliphatic carbocycles. The van der Waals surface area contributed by atoms with Gasteiger partial charge in [-0.1, -0.05) is 25.7 Å². The lowest BCUT2D eigenvalue weighted by atomic mass is 9.92. The van der Waals surface area contributed by atoms with E-state index in [1.54, 1.807) is 9.80 Å². The fourth-order valence-electron chi connectivity index (χ4n) is 5.28. The Bertz CT molecular complexity index is 928. The van der Waals surface area contributed by atoms with Crippen LogP contribution in [-0.2, 0) is 20.9 Å². The van der Waals surface area contributed by atoms with E-state index in [9.17, 15) is 19.6 Å². The van der Waals surface area contributed by atoms with E-state index in [-0.39, 0.29) is 42.2 Å².